The smallest absolute Gasteiger partial charge is 0.409 e. The lowest BCUT2D eigenvalue weighted by atomic mass is 10.1. The molecule has 0 radical (unpaired) electrons. The maximum absolute atomic E-state index is 12.3. The molecule has 0 bridgehead atoms. The highest BCUT2D eigenvalue weighted by Gasteiger charge is 2.28. The van der Waals surface area contributed by atoms with Gasteiger partial charge in [0.2, 0.25) is 0 Å². The molecule has 3 amide bonds. The van der Waals surface area contributed by atoms with Crippen LogP contribution in [0, 0.1) is 0 Å². The molecule has 12 nitrogen and oxygen atoms in total. The number of rotatable bonds is 8. The molecule has 2 aliphatic rings. The predicted octanol–water partition coefficient (Wildman–Crippen LogP) is 4.04. The monoisotopic (exact) mass is 550 g/mol. The standard InChI is InChI=1S/C28H38N8O4/c1-3-11-29-27(37)31-21-7-5-20(6-8-21)24-32-25(34-14-17-39-18-15-34)23-19-30-36(26(23)33-24)22-9-12-35(13-10-22)28(38)40-16-4-2/h5-8,19,22H,3-4,9-18H2,1-2H3,(H2,29,31,37). The number of nitrogens with one attached hydrogen (secondary N) is 2. The van der Waals surface area contributed by atoms with Crippen molar-refractivity contribution in [3.63, 3.8) is 0 Å². The van der Waals surface area contributed by atoms with E-state index in [2.05, 4.69) is 15.5 Å². The summed E-state index contributed by atoms with van der Waals surface area (Å²) in [6, 6.07) is 7.43. The Morgan fingerprint density at radius 3 is 2.48 bits per heavy atom. The van der Waals surface area contributed by atoms with Crippen LogP contribution in [0.4, 0.5) is 21.1 Å². The molecule has 2 fully saturated rings. The SMILES string of the molecule is CCCNC(=O)Nc1ccc(-c2nc(N3CCOCC3)c3cnn(C4CCN(C(=O)OCCC)CC4)c3n2)cc1. The van der Waals surface area contributed by atoms with Gasteiger partial charge in [-0.1, -0.05) is 13.8 Å². The molecule has 4 heterocycles. The van der Waals surface area contributed by atoms with Crippen molar-refractivity contribution in [3.05, 3.63) is 30.5 Å². The molecule has 2 aromatic heterocycles. The first-order valence-electron chi connectivity index (χ1n) is 14.2. The quantitative estimate of drug-likeness (QED) is 0.430. The first kappa shape index (κ1) is 27.6. The lowest BCUT2D eigenvalue weighted by Crippen LogP contribution is -2.39. The van der Waals surface area contributed by atoms with Gasteiger partial charge in [0.15, 0.2) is 11.5 Å². The topological polar surface area (TPSA) is 127 Å². The van der Waals surface area contributed by atoms with Gasteiger partial charge in [0, 0.05) is 44.0 Å². The molecule has 0 spiro atoms. The summed E-state index contributed by atoms with van der Waals surface area (Å²) in [7, 11) is 0. The van der Waals surface area contributed by atoms with Crippen LogP contribution < -0.4 is 15.5 Å². The Hall–Kier alpha value is -3.93. The molecule has 1 aromatic carbocycles. The van der Waals surface area contributed by atoms with Crippen LogP contribution in [0.1, 0.15) is 45.6 Å². The van der Waals surface area contributed by atoms with Crippen LogP contribution in [-0.4, -0.2) is 89.3 Å². The van der Waals surface area contributed by atoms with Crippen LogP contribution in [-0.2, 0) is 9.47 Å². The Morgan fingerprint density at radius 1 is 1.02 bits per heavy atom. The number of likely N-dealkylation sites (tertiary alicyclic amines) is 1. The number of amides is 3. The third-order valence-electron chi connectivity index (χ3n) is 7.18. The Kier molecular flexibility index (Phi) is 8.94. The number of ether oxygens (including phenoxy) is 2. The van der Waals surface area contributed by atoms with Crippen molar-refractivity contribution in [1.82, 2.24) is 30.0 Å². The first-order valence-corrected chi connectivity index (χ1v) is 14.2. The highest BCUT2D eigenvalue weighted by Crippen LogP contribution is 2.32. The second kappa shape index (κ2) is 12.9. The molecule has 2 aliphatic heterocycles. The Morgan fingerprint density at radius 2 is 1.77 bits per heavy atom. The number of benzene rings is 1. The molecule has 3 aromatic rings. The van der Waals surface area contributed by atoms with Crippen molar-refractivity contribution >= 4 is 34.7 Å². The van der Waals surface area contributed by atoms with Gasteiger partial charge < -0.3 is 29.9 Å². The van der Waals surface area contributed by atoms with E-state index in [1.54, 1.807) is 4.90 Å². The van der Waals surface area contributed by atoms with E-state index >= 15 is 0 Å². The summed E-state index contributed by atoms with van der Waals surface area (Å²) in [5.74, 6) is 1.44. The van der Waals surface area contributed by atoms with E-state index in [9.17, 15) is 9.59 Å². The number of hydrogen-bond acceptors (Lipinski definition) is 8. The number of urea groups is 1. The zero-order valence-electron chi connectivity index (χ0n) is 23.3. The van der Waals surface area contributed by atoms with Crippen molar-refractivity contribution < 1.29 is 19.1 Å². The number of fused-ring (bicyclic) bond motifs is 1. The van der Waals surface area contributed by atoms with E-state index in [4.69, 9.17) is 24.5 Å². The number of hydrogen-bond donors (Lipinski definition) is 2. The molecule has 2 saturated heterocycles. The predicted molar refractivity (Wildman–Crippen MR) is 153 cm³/mol. The molecule has 0 atom stereocenters. The molecule has 0 unspecified atom stereocenters. The summed E-state index contributed by atoms with van der Waals surface area (Å²) >= 11 is 0. The van der Waals surface area contributed by atoms with E-state index in [0.717, 1.165) is 61.2 Å². The largest absolute Gasteiger partial charge is 0.449 e. The fourth-order valence-corrected chi connectivity index (χ4v) is 5.01. The summed E-state index contributed by atoms with van der Waals surface area (Å²) in [6.07, 6.45) is 4.83. The number of nitrogens with zero attached hydrogens (tertiary/aromatic N) is 6. The normalized spacial score (nSPS) is 16.2. The van der Waals surface area contributed by atoms with Crippen LogP contribution in [0.2, 0.25) is 0 Å². The molecular formula is C28H38N8O4. The molecule has 40 heavy (non-hydrogen) atoms. The van der Waals surface area contributed by atoms with E-state index in [1.807, 2.05) is 49.0 Å². The van der Waals surface area contributed by atoms with E-state index < -0.39 is 0 Å². The van der Waals surface area contributed by atoms with Crippen molar-refractivity contribution in [2.75, 3.05) is 62.8 Å². The second-order valence-electron chi connectivity index (χ2n) is 10.1. The van der Waals surface area contributed by atoms with Gasteiger partial charge in [-0.25, -0.2) is 24.2 Å². The number of carbonyl (C=O) groups excluding carboxylic acids is 2. The number of piperidine rings is 1. The summed E-state index contributed by atoms with van der Waals surface area (Å²) in [5.41, 5.74) is 2.32. The van der Waals surface area contributed by atoms with Gasteiger partial charge >= 0.3 is 12.1 Å². The molecular weight excluding hydrogens is 512 g/mol. The number of morpholine rings is 1. The minimum atomic E-state index is -0.245. The fourth-order valence-electron chi connectivity index (χ4n) is 5.01. The molecule has 5 rings (SSSR count). The van der Waals surface area contributed by atoms with Crippen LogP contribution in [0.5, 0.6) is 0 Å². The maximum atomic E-state index is 12.3. The summed E-state index contributed by atoms with van der Waals surface area (Å²) in [4.78, 5) is 38.4. The van der Waals surface area contributed by atoms with Gasteiger partial charge in [-0.2, -0.15) is 5.10 Å². The van der Waals surface area contributed by atoms with Crippen molar-refractivity contribution in [2.45, 2.75) is 45.6 Å². The summed E-state index contributed by atoms with van der Waals surface area (Å²) in [5, 5.41) is 11.3. The van der Waals surface area contributed by atoms with Crippen LogP contribution in [0.15, 0.2) is 30.5 Å². The molecule has 0 aliphatic carbocycles. The van der Waals surface area contributed by atoms with Gasteiger partial charge in [0.25, 0.3) is 0 Å². The van der Waals surface area contributed by atoms with E-state index in [0.29, 0.717) is 51.0 Å². The van der Waals surface area contributed by atoms with Crippen molar-refractivity contribution in [1.29, 1.82) is 0 Å². The van der Waals surface area contributed by atoms with Crippen molar-refractivity contribution in [2.24, 2.45) is 0 Å². The Labute approximate surface area is 234 Å². The zero-order valence-corrected chi connectivity index (χ0v) is 23.3. The summed E-state index contributed by atoms with van der Waals surface area (Å²) < 4.78 is 12.9. The van der Waals surface area contributed by atoms with Crippen LogP contribution in [0.25, 0.3) is 22.4 Å². The molecule has 12 heteroatoms. The third-order valence-corrected chi connectivity index (χ3v) is 7.18. The van der Waals surface area contributed by atoms with Crippen LogP contribution >= 0.6 is 0 Å². The Bertz CT molecular complexity index is 1300. The number of anilines is 2. The van der Waals surface area contributed by atoms with E-state index in [-0.39, 0.29) is 18.2 Å². The molecule has 2 N–H and O–H groups in total. The van der Waals surface area contributed by atoms with Gasteiger partial charge in [-0.3, -0.25) is 0 Å². The van der Waals surface area contributed by atoms with Gasteiger partial charge in [-0.15, -0.1) is 0 Å². The molecule has 214 valence electrons. The first-order chi connectivity index (χ1) is 19.6. The number of carbonyl (C=O) groups is 2. The fraction of sp³-hybridized carbons (Fsp3) is 0.536. The molecule has 0 saturated carbocycles. The van der Waals surface area contributed by atoms with Crippen molar-refractivity contribution in [3.8, 4) is 11.4 Å². The summed E-state index contributed by atoms with van der Waals surface area (Å²) in [6.45, 7) is 9.05. The van der Waals surface area contributed by atoms with E-state index in [1.165, 1.54) is 0 Å². The average Bonchev–Trinajstić information content (AvgIpc) is 3.43. The lowest BCUT2D eigenvalue weighted by Gasteiger charge is -2.31. The zero-order chi connectivity index (χ0) is 27.9. The van der Waals surface area contributed by atoms with Gasteiger partial charge in [0.05, 0.1) is 37.4 Å². The maximum Gasteiger partial charge on any atom is 0.409 e. The third kappa shape index (κ3) is 6.27. The average molecular weight is 551 g/mol. The van der Waals surface area contributed by atoms with Gasteiger partial charge in [0.1, 0.15) is 5.82 Å². The highest BCUT2D eigenvalue weighted by molar-refractivity contribution is 5.90. The number of aromatic nitrogens is 4. The minimum absolute atomic E-state index is 0.112. The highest BCUT2D eigenvalue weighted by atomic mass is 16.6. The van der Waals surface area contributed by atoms with Crippen LogP contribution in [0.3, 0.4) is 0 Å². The second-order valence-corrected chi connectivity index (χ2v) is 10.1. The van der Waals surface area contributed by atoms with Gasteiger partial charge in [-0.05, 0) is 49.9 Å². The Balaban J connectivity index is 1.41. The minimum Gasteiger partial charge on any atom is -0.449 e. The lowest BCUT2D eigenvalue weighted by molar-refractivity contribution is 0.0879.